The minimum atomic E-state index is -0.349. The summed E-state index contributed by atoms with van der Waals surface area (Å²) >= 11 is 1.93. The minimum Gasteiger partial charge on any atom is -0.369 e. The lowest BCUT2D eigenvalue weighted by Gasteiger charge is -2.33. The third-order valence-corrected chi connectivity index (χ3v) is 4.06. The smallest absolute Gasteiger partial charge is 0.161 e. The van der Waals surface area contributed by atoms with Gasteiger partial charge in [-0.05, 0) is 25.1 Å². The van der Waals surface area contributed by atoms with E-state index in [0.29, 0.717) is 10.8 Å². The number of Topliss-reactive ketones (excluding diaryl/α,β-unsaturated/α-hetero) is 1. The molecule has 1 fully saturated rings. The van der Waals surface area contributed by atoms with Crippen LogP contribution in [0.5, 0.6) is 0 Å². The van der Waals surface area contributed by atoms with Crippen molar-refractivity contribution in [3.05, 3.63) is 29.6 Å². The van der Waals surface area contributed by atoms with Gasteiger partial charge in [0.05, 0.1) is 0 Å². The van der Waals surface area contributed by atoms with Crippen LogP contribution in [0.4, 0.5) is 10.1 Å². The number of carbonyl (C=O) groups excluding carboxylic acids is 1. The summed E-state index contributed by atoms with van der Waals surface area (Å²) in [5.74, 6) is 0.624. The number of hydrogen-bond acceptors (Lipinski definition) is 3. The van der Waals surface area contributed by atoms with Crippen molar-refractivity contribution < 1.29 is 9.18 Å². The number of anilines is 1. The zero-order chi connectivity index (χ0) is 12.4. The second-order valence-corrected chi connectivity index (χ2v) is 5.89. The van der Waals surface area contributed by atoms with Crippen molar-refractivity contribution >= 4 is 23.2 Å². The third kappa shape index (κ3) is 2.80. The van der Waals surface area contributed by atoms with Gasteiger partial charge in [0, 0.05) is 35.3 Å². The summed E-state index contributed by atoms with van der Waals surface area (Å²) in [4.78, 5) is 13.7. The number of thioether (sulfide) groups is 1. The first-order valence-corrected chi connectivity index (χ1v) is 6.80. The van der Waals surface area contributed by atoms with Crippen LogP contribution in [-0.2, 0) is 0 Å². The first kappa shape index (κ1) is 12.4. The minimum absolute atomic E-state index is 0.0784. The Balaban J connectivity index is 2.33. The van der Waals surface area contributed by atoms with E-state index in [4.69, 9.17) is 0 Å². The number of hydrogen-bond donors (Lipinski definition) is 0. The zero-order valence-corrected chi connectivity index (χ0v) is 10.9. The highest BCUT2D eigenvalue weighted by atomic mass is 32.2. The van der Waals surface area contributed by atoms with Gasteiger partial charge in [-0.2, -0.15) is 11.8 Å². The lowest BCUT2D eigenvalue weighted by atomic mass is 10.1. The predicted molar refractivity (Wildman–Crippen MR) is 70.5 cm³/mol. The largest absolute Gasteiger partial charge is 0.369 e. The molecule has 0 saturated carbocycles. The Labute approximate surface area is 105 Å². The molecule has 0 bridgehead atoms. The molecular formula is C13H16FNOS. The first-order valence-electron chi connectivity index (χ1n) is 5.75. The Morgan fingerprint density at radius 3 is 2.94 bits per heavy atom. The zero-order valence-electron chi connectivity index (χ0n) is 10.1. The molecule has 0 spiro atoms. The molecule has 1 atom stereocenters. The Morgan fingerprint density at radius 2 is 2.29 bits per heavy atom. The van der Waals surface area contributed by atoms with Crippen LogP contribution in [0.1, 0.15) is 24.2 Å². The molecule has 2 nitrogen and oxygen atoms in total. The van der Waals surface area contributed by atoms with Gasteiger partial charge < -0.3 is 4.90 Å². The van der Waals surface area contributed by atoms with Crippen LogP contribution in [0.25, 0.3) is 0 Å². The molecule has 2 rings (SSSR count). The van der Waals surface area contributed by atoms with Crippen LogP contribution in [0.15, 0.2) is 18.2 Å². The lowest BCUT2D eigenvalue weighted by Crippen LogP contribution is -2.37. The number of carbonyl (C=O) groups is 1. The van der Waals surface area contributed by atoms with Crippen LogP contribution in [0, 0.1) is 5.82 Å². The first-order chi connectivity index (χ1) is 8.08. The van der Waals surface area contributed by atoms with Crippen molar-refractivity contribution in [3.8, 4) is 0 Å². The van der Waals surface area contributed by atoms with E-state index < -0.39 is 0 Å². The summed E-state index contributed by atoms with van der Waals surface area (Å²) < 4.78 is 13.2. The summed E-state index contributed by atoms with van der Waals surface area (Å²) in [6.07, 6.45) is 0. The average molecular weight is 253 g/mol. The van der Waals surface area contributed by atoms with E-state index in [2.05, 4.69) is 11.8 Å². The molecule has 1 aromatic rings. The predicted octanol–water partition coefficient (Wildman–Crippen LogP) is 2.97. The third-order valence-electron chi connectivity index (χ3n) is 2.92. The fourth-order valence-electron chi connectivity index (χ4n) is 2.10. The van der Waals surface area contributed by atoms with Gasteiger partial charge in [-0.25, -0.2) is 4.39 Å². The van der Waals surface area contributed by atoms with Gasteiger partial charge in [0.25, 0.3) is 0 Å². The highest BCUT2D eigenvalue weighted by Crippen LogP contribution is 2.27. The van der Waals surface area contributed by atoms with Gasteiger partial charge in [0.2, 0.25) is 0 Å². The van der Waals surface area contributed by atoms with E-state index >= 15 is 0 Å². The standard InChI is InChI=1S/C13H16FNOS/c1-9-8-15(5-6-17-9)13-4-3-11(14)7-12(13)10(2)16/h3-4,7,9H,5-6,8H2,1-2H3. The Morgan fingerprint density at radius 1 is 1.53 bits per heavy atom. The maximum Gasteiger partial charge on any atom is 0.161 e. The van der Waals surface area contributed by atoms with E-state index in [1.165, 1.54) is 19.1 Å². The van der Waals surface area contributed by atoms with Crippen molar-refractivity contribution in [2.24, 2.45) is 0 Å². The molecule has 0 N–H and O–H groups in total. The van der Waals surface area contributed by atoms with E-state index in [0.717, 1.165) is 24.5 Å². The molecule has 4 heteroatoms. The molecule has 1 heterocycles. The highest BCUT2D eigenvalue weighted by Gasteiger charge is 2.20. The maximum absolute atomic E-state index is 13.2. The van der Waals surface area contributed by atoms with Crippen molar-refractivity contribution in [1.29, 1.82) is 0 Å². The van der Waals surface area contributed by atoms with Gasteiger partial charge in [-0.15, -0.1) is 0 Å². The van der Waals surface area contributed by atoms with Crippen LogP contribution >= 0.6 is 11.8 Å². The number of rotatable bonds is 2. The van der Waals surface area contributed by atoms with E-state index in [1.807, 2.05) is 11.8 Å². The Kier molecular flexibility index (Phi) is 3.72. The fourth-order valence-corrected chi connectivity index (χ4v) is 3.12. The summed E-state index contributed by atoms with van der Waals surface area (Å²) in [5, 5.41) is 0.550. The number of halogens is 1. The van der Waals surface area contributed by atoms with Crippen molar-refractivity contribution in [3.63, 3.8) is 0 Å². The van der Waals surface area contributed by atoms with E-state index in [9.17, 15) is 9.18 Å². The van der Waals surface area contributed by atoms with Crippen LogP contribution in [0.2, 0.25) is 0 Å². The van der Waals surface area contributed by atoms with Crippen LogP contribution in [-0.4, -0.2) is 29.9 Å². The Hall–Kier alpha value is -1.03. The maximum atomic E-state index is 13.2. The number of benzene rings is 1. The molecule has 1 unspecified atom stereocenters. The van der Waals surface area contributed by atoms with Gasteiger partial charge in [0.15, 0.2) is 5.78 Å². The normalized spacial score (nSPS) is 20.4. The summed E-state index contributed by atoms with van der Waals surface area (Å²) in [6.45, 7) is 5.49. The molecule has 0 radical (unpaired) electrons. The van der Waals surface area contributed by atoms with Gasteiger partial charge >= 0.3 is 0 Å². The SMILES string of the molecule is CC(=O)c1cc(F)ccc1N1CCSC(C)C1. The molecular weight excluding hydrogens is 237 g/mol. The van der Waals surface area contributed by atoms with E-state index in [-0.39, 0.29) is 11.6 Å². The molecule has 17 heavy (non-hydrogen) atoms. The molecule has 1 saturated heterocycles. The average Bonchev–Trinajstić information content (AvgIpc) is 2.28. The quantitative estimate of drug-likeness (QED) is 0.756. The molecule has 1 aliphatic heterocycles. The molecule has 92 valence electrons. The monoisotopic (exact) mass is 253 g/mol. The van der Waals surface area contributed by atoms with Crippen LogP contribution < -0.4 is 4.90 Å². The number of ketones is 1. The molecule has 1 aliphatic rings. The lowest BCUT2D eigenvalue weighted by molar-refractivity contribution is 0.101. The van der Waals surface area contributed by atoms with Gasteiger partial charge in [0.1, 0.15) is 5.82 Å². The fraction of sp³-hybridized carbons (Fsp3) is 0.462. The number of nitrogens with zero attached hydrogens (tertiary/aromatic N) is 1. The second-order valence-electron chi connectivity index (χ2n) is 4.35. The highest BCUT2D eigenvalue weighted by molar-refractivity contribution is 8.00. The molecule has 0 amide bonds. The summed E-state index contributed by atoms with van der Waals surface area (Å²) in [5.41, 5.74) is 1.36. The van der Waals surface area contributed by atoms with Crippen molar-refractivity contribution in [2.75, 3.05) is 23.7 Å². The van der Waals surface area contributed by atoms with Crippen molar-refractivity contribution in [1.82, 2.24) is 0 Å². The van der Waals surface area contributed by atoms with Crippen LogP contribution in [0.3, 0.4) is 0 Å². The van der Waals surface area contributed by atoms with Crippen molar-refractivity contribution in [2.45, 2.75) is 19.1 Å². The topological polar surface area (TPSA) is 20.3 Å². The molecule has 1 aromatic carbocycles. The van der Waals surface area contributed by atoms with E-state index in [1.54, 1.807) is 6.07 Å². The second kappa shape index (κ2) is 5.08. The Bertz CT molecular complexity index is 435. The molecule has 0 aliphatic carbocycles. The van der Waals surface area contributed by atoms with Gasteiger partial charge in [-0.3, -0.25) is 4.79 Å². The van der Waals surface area contributed by atoms with Gasteiger partial charge in [-0.1, -0.05) is 6.92 Å². The molecule has 0 aromatic heterocycles. The summed E-state index contributed by atoms with van der Waals surface area (Å²) in [6, 6.07) is 4.48. The summed E-state index contributed by atoms with van der Waals surface area (Å²) in [7, 11) is 0.